The van der Waals surface area contributed by atoms with Crippen LogP contribution in [-0.4, -0.2) is 16.1 Å². The van der Waals surface area contributed by atoms with Crippen molar-refractivity contribution in [1.82, 2.24) is 14.9 Å². The number of benzene rings is 1. The Morgan fingerprint density at radius 3 is 2.95 bits per heavy atom. The molecular weight excluding hydrogens is 267 g/mol. The Morgan fingerprint density at radius 1 is 1.43 bits per heavy atom. The molecule has 0 aliphatic heterocycles. The van der Waals surface area contributed by atoms with E-state index in [1.807, 2.05) is 16.8 Å². The van der Waals surface area contributed by atoms with E-state index in [0.29, 0.717) is 19.0 Å². The summed E-state index contributed by atoms with van der Waals surface area (Å²) >= 11 is 0. The number of halogens is 1. The molecule has 2 rings (SSSR count). The van der Waals surface area contributed by atoms with Crippen molar-refractivity contribution in [2.24, 2.45) is 5.92 Å². The number of hydrogen-bond acceptors (Lipinski definition) is 3. The Hall–Kier alpha value is -2.19. The Morgan fingerprint density at radius 2 is 2.24 bits per heavy atom. The topological polar surface area (TPSA) is 53.6 Å². The molecule has 4 nitrogen and oxygen atoms in total. The molecule has 0 amide bonds. The maximum atomic E-state index is 13.3. The normalized spacial score (nSPS) is 10.8. The highest BCUT2D eigenvalue weighted by Gasteiger charge is 2.06. The third kappa shape index (κ3) is 4.14. The average molecular weight is 286 g/mol. The number of nitrogens with one attached hydrogen (secondary N) is 1. The standard InChI is InChI=1S/C16H19FN4/c1-12(2)9-19-10-16-20-5-6-21(16)11-13-3-4-15(17)14(7-13)8-18/h3-7,12,19H,9-11H2,1-2H3. The van der Waals surface area contributed by atoms with E-state index in [1.54, 1.807) is 18.3 Å². The minimum absolute atomic E-state index is 0.0760. The van der Waals surface area contributed by atoms with Gasteiger partial charge >= 0.3 is 0 Å². The number of nitrogens with zero attached hydrogens (tertiary/aromatic N) is 3. The monoisotopic (exact) mass is 286 g/mol. The predicted octanol–water partition coefficient (Wildman–Crippen LogP) is 2.69. The zero-order chi connectivity index (χ0) is 15.2. The second-order valence-corrected chi connectivity index (χ2v) is 5.42. The molecule has 0 atom stereocenters. The van der Waals surface area contributed by atoms with Crippen LogP contribution in [0.25, 0.3) is 0 Å². The first-order valence-corrected chi connectivity index (χ1v) is 6.99. The Bertz CT molecular complexity index is 640. The number of nitriles is 1. The van der Waals surface area contributed by atoms with Gasteiger partial charge in [0.05, 0.1) is 12.1 Å². The molecule has 2 aromatic rings. The highest BCUT2D eigenvalue weighted by atomic mass is 19.1. The first-order chi connectivity index (χ1) is 10.1. The van der Waals surface area contributed by atoms with E-state index in [1.165, 1.54) is 6.07 Å². The van der Waals surface area contributed by atoms with Gasteiger partial charge < -0.3 is 9.88 Å². The van der Waals surface area contributed by atoms with Gasteiger partial charge in [-0.05, 0) is 30.2 Å². The lowest BCUT2D eigenvalue weighted by molar-refractivity contribution is 0.533. The van der Waals surface area contributed by atoms with E-state index in [0.717, 1.165) is 17.9 Å². The second-order valence-electron chi connectivity index (χ2n) is 5.42. The minimum atomic E-state index is -0.481. The molecule has 0 saturated carbocycles. The molecule has 1 aromatic heterocycles. The minimum Gasteiger partial charge on any atom is -0.329 e. The van der Waals surface area contributed by atoms with E-state index in [9.17, 15) is 4.39 Å². The van der Waals surface area contributed by atoms with Crippen LogP contribution in [0.5, 0.6) is 0 Å². The summed E-state index contributed by atoms with van der Waals surface area (Å²) in [7, 11) is 0. The van der Waals surface area contributed by atoms with Crippen molar-refractivity contribution in [1.29, 1.82) is 5.26 Å². The molecule has 0 fully saturated rings. The maximum absolute atomic E-state index is 13.3. The van der Waals surface area contributed by atoms with Crippen molar-refractivity contribution in [3.63, 3.8) is 0 Å². The van der Waals surface area contributed by atoms with Crippen LogP contribution >= 0.6 is 0 Å². The van der Waals surface area contributed by atoms with Crippen molar-refractivity contribution in [2.45, 2.75) is 26.9 Å². The lowest BCUT2D eigenvalue weighted by Crippen LogP contribution is -2.21. The van der Waals surface area contributed by atoms with E-state index in [4.69, 9.17) is 5.26 Å². The van der Waals surface area contributed by atoms with E-state index in [2.05, 4.69) is 24.1 Å². The van der Waals surface area contributed by atoms with Crippen molar-refractivity contribution < 1.29 is 4.39 Å². The van der Waals surface area contributed by atoms with Gasteiger partial charge in [0.15, 0.2) is 0 Å². The third-order valence-electron chi connectivity index (χ3n) is 3.14. The zero-order valence-corrected chi connectivity index (χ0v) is 12.3. The fraction of sp³-hybridized carbons (Fsp3) is 0.375. The molecule has 0 aliphatic rings. The van der Waals surface area contributed by atoms with E-state index < -0.39 is 5.82 Å². The summed E-state index contributed by atoms with van der Waals surface area (Å²) in [5.74, 6) is 1.04. The first kappa shape index (κ1) is 15.2. The second kappa shape index (κ2) is 7.00. The average Bonchev–Trinajstić information content (AvgIpc) is 2.88. The Labute approximate surface area is 124 Å². The van der Waals surface area contributed by atoms with Crippen LogP contribution < -0.4 is 5.32 Å². The van der Waals surface area contributed by atoms with Crippen LogP contribution in [0.4, 0.5) is 4.39 Å². The summed E-state index contributed by atoms with van der Waals surface area (Å²) in [5, 5.41) is 12.2. The van der Waals surface area contributed by atoms with Crippen molar-refractivity contribution in [2.75, 3.05) is 6.54 Å². The first-order valence-electron chi connectivity index (χ1n) is 6.99. The molecular formula is C16H19FN4. The molecule has 21 heavy (non-hydrogen) atoms. The lowest BCUT2D eigenvalue weighted by Gasteiger charge is -2.10. The Balaban J connectivity index is 2.07. The highest BCUT2D eigenvalue weighted by molar-refractivity contribution is 5.34. The summed E-state index contributed by atoms with van der Waals surface area (Å²) in [6, 6.07) is 6.48. The molecule has 0 aliphatic carbocycles. The quantitative estimate of drug-likeness (QED) is 0.888. The molecule has 1 N–H and O–H groups in total. The molecule has 0 bridgehead atoms. The van der Waals surface area contributed by atoms with Crippen LogP contribution in [0.15, 0.2) is 30.6 Å². The molecule has 1 aromatic carbocycles. The number of imidazole rings is 1. The number of rotatable bonds is 6. The van der Waals surface area contributed by atoms with Crippen LogP contribution in [-0.2, 0) is 13.1 Å². The van der Waals surface area contributed by atoms with Crippen LogP contribution in [0.2, 0.25) is 0 Å². The lowest BCUT2D eigenvalue weighted by atomic mass is 10.1. The highest BCUT2D eigenvalue weighted by Crippen LogP contribution is 2.12. The van der Waals surface area contributed by atoms with Gasteiger partial charge in [0, 0.05) is 18.9 Å². The SMILES string of the molecule is CC(C)CNCc1nccn1Cc1ccc(F)c(C#N)c1. The molecule has 1 heterocycles. The smallest absolute Gasteiger partial charge is 0.140 e. The maximum Gasteiger partial charge on any atom is 0.140 e. The van der Waals surface area contributed by atoms with Crippen LogP contribution in [0.3, 0.4) is 0 Å². The summed E-state index contributed by atoms with van der Waals surface area (Å²) in [5.41, 5.74) is 0.961. The molecule has 0 unspecified atom stereocenters. The Kier molecular flexibility index (Phi) is 5.07. The van der Waals surface area contributed by atoms with Gasteiger partial charge in [-0.15, -0.1) is 0 Å². The van der Waals surface area contributed by atoms with E-state index in [-0.39, 0.29) is 5.56 Å². The van der Waals surface area contributed by atoms with Gasteiger partial charge in [-0.2, -0.15) is 5.26 Å². The number of aromatic nitrogens is 2. The van der Waals surface area contributed by atoms with Gasteiger partial charge in [0.25, 0.3) is 0 Å². The summed E-state index contributed by atoms with van der Waals surface area (Å²) in [4.78, 5) is 4.33. The largest absolute Gasteiger partial charge is 0.329 e. The van der Waals surface area contributed by atoms with Crippen molar-refractivity contribution >= 4 is 0 Å². The van der Waals surface area contributed by atoms with Crippen LogP contribution in [0, 0.1) is 23.1 Å². The molecule has 110 valence electrons. The summed E-state index contributed by atoms with van der Waals surface area (Å²) < 4.78 is 15.3. The van der Waals surface area contributed by atoms with Gasteiger partial charge in [0.2, 0.25) is 0 Å². The van der Waals surface area contributed by atoms with Gasteiger partial charge in [-0.1, -0.05) is 19.9 Å². The van der Waals surface area contributed by atoms with Gasteiger partial charge in [-0.3, -0.25) is 0 Å². The third-order valence-corrected chi connectivity index (χ3v) is 3.14. The molecule has 5 heteroatoms. The zero-order valence-electron chi connectivity index (χ0n) is 12.3. The predicted molar refractivity (Wildman–Crippen MR) is 79.0 cm³/mol. The fourth-order valence-corrected chi connectivity index (χ4v) is 2.08. The molecule has 0 radical (unpaired) electrons. The molecule has 0 spiro atoms. The summed E-state index contributed by atoms with van der Waals surface area (Å²) in [6.45, 7) is 6.51. The van der Waals surface area contributed by atoms with E-state index >= 15 is 0 Å². The molecule has 0 saturated heterocycles. The van der Waals surface area contributed by atoms with Crippen LogP contribution in [0.1, 0.15) is 30.8 Å². The summed E-state index contributed by atoms with van der Waals surface area (Å²) in [6.07, 6.45) is 3.64. The fourth-order valence-electron chi connectivity index (χ4n) is 2.08. The van der Waals surface area contributed by atoms with Crippen molar-refractivity contribution in [3.8, 4) is 6.07 Å². The van der Waals surface area contributed by atoms with Gasteiger partial charge in [0.1, 0.15) is 17.7 Å². The number of hydrogen-bond donors (Lipinski definition) is 1. The van der Waals surface area contributed by atoms with Gasteiger partial charge in [-0.25, -0.2) is 9.37 Å². The van der Waals surface area contributed by atoms with Crippen molar-refractivity contribution in [3.05, 3.63) is 53.4 Å².